The van der Waals surface area contributed by atoms with Gasteiger partial charge in [-0.25, -0.2) is 4.79 Å². The fourth-order valence-electron chi connectivity index (χ4n) is 1.75. The molecule has 1 aromatic rings. The predicted molar refractivity (Wildman–Crippen MR) is 81.4 cm³/mol. The van der Waals surface area contributed by atoms with Gasteiger partial charge in [-0.15, -0.1) is 0 Å². The van der Waals surface area contributed by atoms with Crippen LogP contribution >= 0.6 is 0 Å². The van der Waals surface area contributed by atoms with Crippen LogP contribution in [0.3, 0.4) is 0 Å². The standard InChI is InChI=1S/C15H27N3O2/c1-14(2,3)18(13(19)20-15(4,5)6)12-9-16-17-10-7-8-11-17/h7-8,10-11,16H,9,12H2,1-6H3. The normalized spacial score (nSPS) is 12.1. The molecule has 0 bridgehead atoms. The van der Waals surface area contributed by atoms with Crippen molar-refractivity contribution in [1.29, 1.82) is 0 Å². The van der Waals surface area contributed by atoms with E-state index in [-0.39, 0.29) is 11.6 Å². The lowest BCUT2D eigenvalue weighted by molar-refractivity contribution is 0.00734. The van der Waals surface area contributed by atoms with Gasteiger partial charge in [-0.3, -0.25) is 4.68 Å². The Morgan fingerprint density at radius 3 is 2.15 bits per heavy atom. The van der Waals surface area contributed by atoms with Crippen molar-refractivity contribution in [2.75, 3.05) is 18.5 Å². The molecule has 1 heterocycles. The topological polar surface area (TPSA) is 46.5 Å². The van der Waals surface area contributed by atoms with E-state index in [1.54, 1.807) is 4.90 Å². The van der Waals surface area contributed by atoms with Gasteiger partial charge in [0.1, 0.15) is 5.60 Å². The summed E-state index contributed by atoms with van der Waals surface area (Å²) in [5, 5.41) is 0. The summed E-state index contributed by atoms with van der Waals surface area (Å²) < 4.78 is 7.34. The molecule has 0 aliphatic heterocycles. The second-order valence-corrected chi connectivity index (χ2v) is 6.80. The summed E-state index contributed by atoms with van der Waals surface area (Å²) in [5.74, 6) is 0. The molecule has 1 aromatic heterocycles. The number of nitrogens with one attached hydrogen (secondary N) is 1. The summed E-state index contributed by atoms with van der Waals surface area (Å²) in [5.41, 5.74) is 2.46. The summed E-state index contributed by atoms with van der Waals surface area (Å²) >= 11 is 0. The summed E-state index contributed by atoms with van der Waals surface area (Å²) in [4.78, 5) is 14.0. The van der Waals surface area contributed by atoms with Crippen molar-refractivity contribution in [3.63, 3.8) is 0 Å². The van der Waals surface area contributed by atoms with E-state index in [0.717, 1.165) is 0 Å². The Morgan fingerprint density at radius 2 is 1.70 bits per heavy atom. The van der Waals surface area contributed by atoms with Crippen molar-refractivity contribution in [1.82, 2.24) is 9.58 Å². The van der Waals surface area contributed by atoms with E-state index in [9.17, 15) is 4.79 Å². The van der Waals surface area contributed by atoms with Crippen molar-refractivity contribution in [3.05, 3.63) is 24.5 Å². The molecule has 0 aliphatic carbocycles. The molecule has 5 heteroatoms. The van der Waals surface area contributed by atoms with E-state index in [2.05, 4.69) is 5.43 Å². The van der Waals surface area contributed by atoms with E-state index in [4.69, 9.17) is 4.74 Å². The van der Waals surface area contributed by atoms with Crippen LogP contribution in [0.1, 0.15) is 41.5 Å². The number of carbonyl (C=O) groups is 1. The van der Waals surface area contributed by atoms with Gasteiger partial charge in [0.05, 0.1) is 0 Å². The average Bonchev–Trinajstić information content (AvgIpc) is 2.72. The predicted octanol–water partition coefficient (Wildman–Crippen LogP) is 3.07. The molecule has 1 amide bonds. The molecule has 0 unspecified atom stereocenters. The number of rotatable bonds is 4. The number of amides is 1. The quantitative estimate of drug-likeness (QED) is 0.922. The molecule has 5 nitrogen and oxygen atoms in total. The number of hydrogen-bond acceptors (Lipinski definition) is 3. The molecular weight excluding hydrogens is 254 g/mol. The van der Waals surface area contributed by atoms with Gasteiger partial charge < -0.3 is 15.1 Å². The van der Waals surface area contributed by atoms with Crippen molar-refractivity contribution in [3.8, 4) is 0 Å². The van der Waals surface area contributed by atoms with Crippen molar-refractivity contribution >= 4 is 6.09 Å². The Balaban J connectivity index is 2.58. The summed E-state index contributed by atoms with van der Waals surface area (Å²) in [6.45, 7) is 12.9. The number of nitrogens with zero attached hydrogens (tertiary/aromatic N) is 2. The Hall–Kier alpha value is -1.65. The molecule has 20 heavy (non-hydrogen) atoms. The maximum absolute atomic E-state index is 12.3. The van der Waals surface area contributed by atoms with E-state index >= 15 is 0 Å². The van der Waals surface area contributed by atoms with Gasteiger partial charge >= 0.3 is 6.09 Å². The van der Waals surface area contributed by atoms with Crippen molar-refractivity contribution in [2.24, 2.45) is 0 Å². The highest BCUT2D eigenvalue weighted by molar-refractivity contribution is 5.69. The first-order valence-electron chi connectivity index (χ1n) is 6.97. The smallest absolute Gasteiger partial charge is 0.410 e. The molecule has 0 radical (unpaired) electrons. The highest BCUT2D eigenvalue weighted by atomic mass is 16.6. The van der Waals surface area contributed by atoms with Crippen LogP contribution in [0.2, 0.25) is 0 Å². The molecular formula is C15H27N3O2. The third kappa shape index (κ3) is 5.55. The Morgan fingerprint density at radius 1 is 1.15 bits per heavy atom. The zero-order valence-corrected chi connectivity index (χ0v) is 13.4. The molecule has 0 spiro atoms. The summed E-state index contributed by atoms with van der Waals surface area (Å²) in [7, 11) is 0. The maximum Gasteiger partial charge on any atom is 0.410 e. The summed E-state index contributed by atoms with van der Waals surface area (Å²) in [6, 6.07) is 3.89. The minimum Gasteiger partial charge on any atom is -0.444 e. The lowest BCUT2D eigenvalue weighted by Gasteiger charge is -2.37. The zero-order valence-electron chi connectivity index (χ0n) is 13.4. The fraction of sp³-hybridized carbons (Fsp3) is 0.667. The molecule has 0 saturated carbocycles. The van der Waals surface area contributed by atoms with E-state index < -0.39 is 5.60 Å². The van der Waals surface area contributed by atoms with Gasteiger partial charge in [-0.2, -0.15) is 0 Å². The van der Waals surface area contributed by atoms with Crippen LogP contribution in [-0.4, -0.2) is 39.9 Å². The molecule has 1 rings (SSSR count). The second-order valence-electron chi connectivity index (χ2n) is 6.80. The lowest BCUT2D eigenvalue weighted by atomic mass is 10.1. The first kappa shape index (κ1) is 16.4. The highest BCUT2D eigenvalue weighted by Gasteiger charge is 2.30. The zero-order chi connectivity index (χ0) is 15.4. The van der Waals surface area contributed by atoms with E-state index in [0.29, 0.717) is 13.1 Å². The summed E-state index contributed by atoms with van der Waals surface area (Å²) in [6.07, 6.45) is 3.57. The number of hydrogen-bond donors (Lipinski definition) is 1. The first-order chi connectivity index (χ1) is 9.09. The van der Waals surface area contributed by atoms with Crippen molar-refractivity contribution in [2.45, 2.75) is 52.7 Å². The van der Waals surface area contributed by atoms with Gasteiger partial charge in [0.15, 0.2) is 0 Å². The first-order valence-corrected chi connectivity index (χ1v) is 6.97. The van der Waals surface area contributed by atoms with Gasteiger partial charge in [0.2, 0.25) is 0 Å². The molecule has 1 N–H and O–H groups in total. The van der Waals surface area contributed by atoms with Gasteiger partial charge in [0.25, 0.3) is 0 Å². The minimum absolute atomic E-state index is 0.277. The number of carbonyl (C=O) groups excluding carboxylic acids is 1. The average molecular weight is 281 g/mol. The molecule has 0 saturated heterocycles. The van der Waals surface area contributed by atoms with E-state index in [1.165, 1.54) is 0 Å². The Kier molecular flexibility index (Phi) is 5.09. The molecule has 0 atom stereocenters. The monoisotopic (exact) mass is 281 g/mol. The molecule has 114 valence electrons. The van der Waals surface area contributed by atoms with Gasteiger partial charge in [-0.05, 0) is 53.7 Å². The molecule has 0 fully saturated rings. The van der Waals surface area contributed by atoms with Crippen LogP contribution in [0.4, 0.5) is 4.79 Å². The SMILES string of the molecule is CC(C)(C)OC(=O)N(CCNn1cccc1)C(C)(C)C. The van der Waals surface area contributed by atoms with Gasteiger partial charge in [-0.1, -0.05) is 0 Å². The Bertz CT molecular complexity index is 413. The van der Waals surface area contributed by atoms with Crippen LogP contribution in [-0.2, 0) is 4.74 Å². The third-order valence-corrected chi connectivity index (χ3v) is 2.66. The second kappa shape index (κ2) is 6.20. The highest BCUT2D eigenvalue weighted by Crippen LogP contribution is 2.17. The van der Waals surface area contributed by atoms with Crippen molar-refractivity contribution < 1.29 is 9.53 Å². The van der Waals surface area contributed by atoms with Crippen LogP contribution in [0.5, 0.6) is 0 Å². The van der Waals surface area contributed by atoms with Crippen LogP contribution < -0.4 is 5.43 Å². The Labute approximate surface area is 121 Å². The van der Waals surface area contributed by atoms with Crippen LogP contribution in [0.25, 0.3) is 0 Å². The van der Waals surface area contributed by atoms with E-state index in [1.807, 2.05) is 70.7 Å². The fourth-order valence-corrected chi connectivity index (χ4v) is 1.75. The lowest BCUT2D eigenvalue weighted by Crippen LogP contribution is -2.50. The van der Waals surface area contributed by atoms with Crippen LogP contribution in [0, 0.1) is 0 Å². The number of ether oxygens (including phenoxy) is 1. The van der Waals surface area contributed by atoms with Gasteiger partial charge in [0, 0.05) is 31.0 Å². The largest absolute Gasteiger partial charge is 0.444 e. The van der Waals surface area contributed by atoms with Crippen LogP contribution in [0.15, 0.2) is 24.5 Å². The minimum atomic E-state index is -0.478. The third-order valence-electron chi connectivity index (χ3n) is 2.66. The number of aromatic nitrogens is 1. The maximum atomic E-state index is 12.3. The molecule has 0 aliphatic rings. The molecule has 0 aromatic carbocycles.